The Balaban J connectivity index is 0.808. The zero-order valence-corrected chi connectivity index (χ0v) is 48.5. The van der Waals surface area contributed by atoms with E-state index in [1.54, 1.807) is 0 Å². The van der Waals surface area contributed by atoms with Crippen LogP contribution in [0, 0.1) is 6.92 Å². The summed E-state index contributed by atoms with van der Waals surface area (Å²) >= 11 is 0. The Morgan fingerprint density at radius 1 is 0.281 bits per heavy atom. The summed E-state index contributed by atoms with van der Waals surface area (Å²) in [7, 11) is 0. The van der Waals surface area contributed by atoms with Crippen LogP contribution in [0.5, 0.6) is 0 Å². The quantitative estimate of drug-likeness (QED) is 0.126. The average Bonchev–Trinajstić information content (AvgIpc) is 1.13. The number of hydrogen-bond donors (Lipinski definition) is 0. The highest BCUT2D eigenvalue weighted by Gasteiger charge is 2.43. The molecule has 0 atom stereocenters. The molecule has 0 amide bonds. The van der Waals surface area contributed by atoms with Gasteiger partial charge in [0.15, 0.2) is 23.3 Å². The van der Waals surface area contributed by atoms with Crippen molar-refractivity contribution in [3.8, 4) is 84.9 Å². The lowest BCUT2D eigenvalue weighted by molar-refractivity contribution is 1.07. The molecule has 17 rings (SSSR count). The van der Waals surface area contributed by atoms with E-state index in [-0.39, 0.29) is 6.71 Å². The molecular formula is C80H53BN8. The predicted octanol–water partition coefficient (Wildman–Crippen LogP) is 17.8. The number of fused-ring (bicyclic) bond motifs is 7. The molecule has 2 aliphatic heterocycles. The lowest BCUT2D eigenvalue weighted by Crippen LogP contribution is -2.61. The fraction of sp³-hybridized carbons (Fsp3) is 0.0125. The smallest absolute Gasteiger partial charge is 0.252 e. The monoisotopic (exact) mass is 1140 g/mol. The van der Waals surface area contributed by atoms with Gasteiger partial charge in [-0.25, -0.2) is 24.9 Å². The van der Waals surface area contributed by atoms with Crippen LogP contribution in [0.15, 0.2) is 303 Å². The molecule has 0 unspecified atom stereocenters. The minimum atomic E-state index is 0.0696. The van der Waals surface area contributed by atoms with Gasteiger partial charge in [-0.3, -0.25) is 0 Å². The molecule has 8 nitrogen and oxygen atoms in total. The Morgan fingerprint density at radius 3 is 1.42 bits per heavy atom. The SMILES string of the molecule is Cc1ccc2c(c1)c1ccccc1n2-c1ccc(-c2nc(-c3ccccc3)nc(-c3ccccc3)n2)cc1-c1cc(-c2ccccc2)nc(-c2cccc(-c3ccc(N4c5ccccc5B5c6ccccc6N(c6ccccc6)c6cccc4c65)cc3)c2)n1. The van der Waals surface area contributed by atoms with Gasteiger partial charge in [0, 0.05) is 78.3 Å². The lowest BCUT2D eigenvalue weighted by Gasteiger charge is -2.44. The first-order chi connectivity index (χ1) is 44.0. The third-order valence-electron chi connectivity index (χ3n) is 17.5. The summed E-state index contributed by atoms with van der Waals surface area (Å²) in [4.78, 5) is 31.4. The number of nitrogens with zero attached hydrogens (tertiary/aromatic N) is 8. The molecule has 15 aromatic rings. The van der Waals surface area contributed by atoms with E-state index in [1.807, 2.05) is 66.7 Å². The number of rotatable bonds is 10. The van der Waals surface area contributed by atoms with Gasteiger partial charge in [-0.15, -0.1) is 0 Å². The highest BCUT2D eigenvalue weighted by molar-refractivity contribution is 7.00. The first kappa shape index (κ1) is 51.6. The maximum atomic E-state index is 5.64. The van der Waals surface area contributed by atoms with Crippen LogP contribution in [0.25, 0.3) is 107 Å². The van der Waals surface area contributed by atoms with Crippen molar-refractivity contribution in [3.05, 3.63) is 309 Å². The zero-order chi connectivity index (χ0) is 58.9. The number of aromatic nitrogens is 6. The first-order valence-electron chi connectivity index (χ1n) is 30.2. The van der Waals surface area contributed by atoms with E-state index in [2.05, 4.69) is 258 Å². The number of para-hydroxylation sites is 4. The van der Waals surface area contributed by atoms with Crippen LogP contribution in [0.1, 0.15) is 5.56 Å². The molecule has 0 saturated carbocycles. The summed E-state index contributed by atoms with van der Waals surface area (Å²) in [6, 6.07) is 108. The molecule has 0 spiro atoms. The summed E-state index contributed by atoms with van der Waals surface area (Å²) < 4.78 is 2.38. The van der Waals surface area contributed by atoms with Crippen molar-refractivity contribution in [2.24, 2.45) is 0 Å². The van der Waals surface area contributed by atoms with E-state index in [4.69, 9.17) is 24.9 Å². The fourth-order valence-corrected chi connectivity index (χ4v) is 13.4. The molecule has 2 aliphatic rings. The topological polar surface area (TPSA) is 75.9 Å². The summed E-state index contributed by atoms with van der Waals surface area (Å²) in [5.74, 6) is 2.34. The van der Waals surface area contributed by atoms with Gasteiger partial charge < -0.3 is 14.4 Å². The number of anilines is 6. The van der Waals surface area contributed by atoms with Gasteiger partial charge in [0.05, 0.1) is 28.1 Å². The molecule has 5 heterocycles. The molecule has 0 bridgehead atoms. The van der Waals surface area contributed by atoms with Crippen LogP contribution in [0.2, 0.25) is 0 Å². The Labute approximate surface area is 516 Å². The van der Waals surface area contributed by atoms with Crippen LogP contribution in [0.4, 0.5) is 34.1 Å². The molecule has 0 radical (unpaired) electrons. The Hall–Kier alpha value is -11.8. The molecule has 9 heteroatoms. The highest BCUT2D eigenvalue weighted by Crippen LogP contribution is 2.45. The minimum absolute atomic E-state index is 0.0696. The predicted molar refractivity (Wildman–Crippen MR) is 367 cm³/mol. The maximum Gasteiger partial charge on any atom is 0.252 e. The van der Waals surface area contributed by atoms with E-state index in [9.17, 15) is 0 Å². The van der Waals surface area contributed by atoms with Gasteiger partial charge in [-0.05, 0) is 132 Å². The van der Waals surface area contributed by atoms with Crippen molar-refractivity contribution >= 4 is 79.0 Å². The Kier molecular flexibility index (Phi) is 12.4. The molecule has 0 aliphatic carbocycles. The van der Waals surface area contributed by atoms with Crippen molar-refractivity contribution in [2.45, 2.75) is 6.92 Å². The van der Waals surface area contributed by atoms with Crippen molar-refractivity contribution < 1.29 is 0 Å². The summed E-state index contributed by atoms with van der Waals surface area (Å²) in [6.07, 6.45) is 0. The van der Waals surface area contributed by atoms with Gasteiger partial charge in [-0.1, -0.05) is 212 Å². The molecule has 0 N–H and O–H groups in total. The second-order valence-corrected chi connectivity index (χ2v) is 22.9. The van der Waals surface area contributed by atoms with E-state index in [0.717, 1.165) is 84.0 Å². The van der Waals surface area contributed by atoms with Crippen molar-refractivity contribution in [1.82, 2.24) is 29.5 Å². The average molecular weight is 1140 g/mol. The van der Waals surface area contributed by atoms with Gasteiger partial charge in [0.25, 0.3) is 6.71 Å². The fourth-order valence-electron chi connectivity index (χ4n) is 13.4. The Bertz CT molecular complexity index is 5170. The maximum absolute atomic E-state index is 5.64. The van der Waals surface area contributed by atoms with Crippen molar-refractivity contribution in [3.63, 3.8) is 0 Å². The molecule has 416 valence electrons. The van der Waals surface area contributed by atoms with Crippen LogP contribution in [0.3, 0.4) is 0 Å². The highest BCUT2D eigenvalue weighted by atomic mass is 15.2. The largest absolute Gasteiger partial charge is 0.311 e. The summed E-state index contributed by atoms with van der Waals surface area (Å²) in [5, 5.41) is 2.35. The Morgan fingerprint density at radius 2 is 0.753 bits per heavy atom. The van der Waals surface area contributed by atoms with Gasteiger partial charge in [0.2, 0.25) is 0 Å². The standard InChI is InChI=1S/C80H53BN8/c1-52-40-46-70-63(48-52)62-32-14-17-35-69(62)89(70)71-47-43-59(80-85-77(55-24-8-3-9-25-55)84-78(86-80)56-26-10-4-11-27-56)50-64(71)68-51-67(54-22-6-2-7-23-54)82-79(83-68)58-29-20-28-57(49-58)53-41-44-61(45-42-53)88-73-37-19-16-34-66(73)81-65-33-15-18-36-72(65)87(60-30-12-5-13-31-60)74-38-21-39-75(88)76(74)81/h2-51H,1H3. The van der Waals surface area contributed by atoms with Crippen molar-refractivity contribution in [2.75, 3.05) is 9.80 Å². The number of hydrogen-bond acceptors (Lipinski definition) is 7. The molecule has 3 aromatic heterocycles. The molecule has 0 fully saturated rings. The van der Waals surface area contributed by atoms with Gasteiger partial charge in [0.1, 0.15) is 0 Å². The molecule has 12 aromatic carbocycles. The summed E-state index contributed by atoms with van der Waals surface area (Å²) in [6.45, 7) is 2.22. The molecule has 89 heavy (non-hydrogen) atoms. The van der Waals surface area contributed by atoms with E-state index >= 15 is 0 Å². The van der Waals surface area contributed by atoms with E-state index < -0.39 is 0 Å². The minimum Gasteiger partial charge on any atom is -0.311 e. The molecular weight excluding hydrogens is 1080 g/mol. The van der Waals surface area contributed by atoms with Crippen LogP contribution < -0.4 is 26.2 Å². The summed E-state index contributed by atoms with van der Waals surface area (Å²) in [5.41, 5.74) is 24.3. The lowest BCUT2D eigenvalue weighted by atomic mass is 9.33. The van der Waals surface area contributed by atoms with E-state index in [0.29, 0.717) is 23.3 Å². The second kappa shape index (κ2) is 21.3. The van der Waals surface area contributed by atoms with Crippen LogP contribution in [-0.4, -0.2) is 36.2 Å². The van der Waals surface area contributed by atoms with Gasteiger partial charge >= 0.3 is 0 Å². The number of aryl methyl sites for hydroxylation is 1. The third-order valence-corrected chi connectivity index (χ3v) is 17.5. The molecule has 0 saturated heterocycles. The number of benzene rings is 12. The van der Waals surface area contributed by atoms with Crippen molar-refractivity contribution in [1.29, 1.82) is 0 Å². The normalized spacial score (nSPS) is 12.3. The van der Waals surface area contributed by atoms with Gasteiger partial charge in [-0.2, -0.15) is 0 Å². The van der Waals surface area contributed by atoms with E-state index in [1.165, 1.54) is 55.5 Å². The third kappa shape index (κ3) is 8.89. The van der Waals surface area contributed by atoms with Crippen LogP contribution >= 0.6 is 0 Å². The van der Waals surface area contributed by atoms with Crippen LogP contribution in [-0.2, 0) is 0 Å². The first-order valence-corrected chi connectivity index (χ1v) is 30.2. The zero-order valence-electron chi connectivity index (χ0n) is 48.5. The second-order valence-electron chi connectivity index (χ2n) is 22.9.